The molecular weight excluding hydrogens is 448 g/mol. The van der Waals surface area contributed by atoms with E-state index in [1.165, 1.54) is 16.3 Å². The van der Waals surface area contributed by atoms with Gasteiger partial charge in [0.15, 0.2) is 0 Å². The van der Waals surface area contributed by atoms with Gasteiger partial charge in [0, 0.05) is 22.6 Å². The number of hydrogen-bond acceptors (Lipinski definition) is 5. The molecule has 0 atom stereocenters. The number of hydrogen-bond donors (Lipinski definition) is 1. The molecule has 0 spiro atoms. The van der Waals surface area contributed by atoms with E-state index in [0.29, 0.717) is 40.0 Å². The van der Waals surface area contributed by atoms with Crippen LogP contribution in [0.1, 0.15) is 28.1 Å². The van der Waals surface area contributed by atoms with Crippen molar-refractivity contribution in [3.63, 3.8) is 0 Å². The van der Waals surface area contributed by atoms with Gasteiger partial charge in [-0.1, -0.05) is 11.8 Å². The van der Waals surface area contributed by atoms with Crippen molar-refractivity contribution in [3.05, 3.63) is 46.3 Å². The molecule has 0 aliphatic carbocycles. The Hall–Kier alpha value is -2.83. The lowest BCUT2D eigenvalue weighted by atomic mass is 10.1. The quantitative estimate of drug-likeness (QED) is 0.449. The molecule has 0 unspecified atom stereocenters. The molecule has 166 valence electrons. The zero-order valence-corrected chi connectivity index (χ0v) is 17.1. The molecule has 0 saturated carbocycles. The molecule has 1 amide bonds. The minimum atomic E-state index is -5.01. The van der Waals surface area contributed by atoms with E-state index in [-0.39, 0.29) is 12.5 Å². The number of alkyl halides is 6. The maximum Gasteiger partial charge on any atom is 0.416 e. The summed E-state index contributed by atoms with van der Waals surface area (Å²) in [5.41, 5.74) is -2.22. The fourth-order valence-corrected chi connectivity index (χ4v) is 3.26. The SMILES string of the molecule is CSc1nc2nc(C)c(CC(=O)Nc3cc(C(F)(F)F)cc(C(F)(F)F)c3)c(C)n2n1. The summed E-state index contributed by atoms with van der Waals surface area (Å²) in [4.78, 5) is 20.9. The molecule has 2 aromatic heterocycles. The highest BCUT2D eigenvalue weighted by atomic mass is 32.2. The first kappa shape index (κ1) is 22.8. The number of thioether (sulfide) groups is 1. The highest BCUT2D eigenvalue weighted by Gasteiger charge is 2.37. The minimum absolute atomic E-state index is 0.00413. The molecule has 13 heteroatoms. The molecule has 0 aliphatic rings. The van der Waals surface area contributed by atoms with Crippen molar-refractivity contribution in [1.29, 1.82) is 0 Å². The Morgan fingerprint density at radius 1 is 1.03 bits per heavy atom. The normalized spacial score (nSPS) is 12.4. The summed E-state index contributed by atoms with van der Waals surface area (Å²) in [5, 5.41) is 6.80. The van der Waals surface area contributed by atoms with Crippen molar-refractivity contribution in [3.8, 4) is 0 Å². The number of nitrogens with zero attached hydrogens (tertiary/aromatic N) is 4. The monoisotopic (exact) mass is 463 g/mol. The Morgan fingerprint density at radius 2 is 1.61 bits per heavy atom. The third-order valence-electron chi connectivity index (χ3n) is 4.42. The van der Waals surface area contributed by atoms with Crippen LogP contribution < -0.4 is 5.32 Å². The lowest BCUT2D eigenvalue weighted by Gasteiger charge is -2.15. The molecule has 2 heterocycles. The second-order valence-electron chi connectivity index (χ2n) is 6.59. The second-order valence-corrected chi connectivity index (χ2v) is 7.36. The van der Waals surface area contributed by atoms with Gasteiger partial charge in [-0.05, 0) is 38.3 Å². The molecule has 31 heavy (non-hydrogen) atoms. The molecule has 0 bridgehead atoms. The number of aryl methyl sites for hydroxylation is 2. The van der Waals surface area contributed by atoms with Crippen molar-refractivity contribution in [2.75, 3.05) is 11.6 Å². The summed E-state index contributed by atoms with van der Waals surface area (Å²) in [6.07, 6.45) is -8.57. The Morgan fingerprint density at radius 3 is 2.13 bits per heavy atom. The fourth-order valence-electron chi connectivity index (χ4n) is 2.93. The number of carbonyl (C=O) groups is 1. The standard InChI is InChI=1S/C18H15F6N5OS/c1-8-13(9(2)29-15(25-8)27-16(28-29)31-3)7-14(30)26-12-5-10(17(19,20)21)4-11(6-12)18(22,23)24/h4-6H,7H2,1-3H3,(H,26,30). The number of carbonyl (C=O) groups excluding carboxylic acids is 1. The molecule has 1 aromatic carbocycles. The number of halogens is 6. The van der Waals surface area contributed by atoms with Crippen molar-refractivity contribution < 1.29 is 31.1 Å². The molecule has 6 nitrogen and oxygen atoms in total. The first-order valence-corrected chi connectivity index (χ1v) is 9.88. The summed E-state index contributed by atoms with van der Waals surface area (Å²) in [5.74, 6) is -0.485. The van der Waals surface area contributed by atoms with Gasteiger partial charge in [-0.25, -0.2) is 9.50 Å². The Bertz CT molecular complexity index is 1120. The van der Waals surface area contributed by atoms with E-state index in [0.717, 1.165) is 0 Å². The van der Waals surface area contributed by atoms with E-state index in [1.807, 2.05) is 0 Å². The number of benzene rings is 1. The van der Waals surface area contributed by atoms with Gasteiger partial charge in [-0.15, -0.1) is 5.10 Å². The lowest BCUT2D eigenvalue weighted by Crippen LogP contribution is -2.19. The molecule has 0 aliphatic heterocycles. The highest BCUT2D eigenvalue weighted by molar-refractivity contribution is 7.98. The van der Waals surface area contributed by atoms with Crippen molar-refractivity contribution in [1.82, 2.24) is 19.6 Å². The van der Waals surface area contributed by atoms with Crippen LogP contribution in [-0.2, 0) is 23.6 Å². The van der Waals surface area contributed by atoms with E-state index in [1.54, 1.807) is 20.1 Å². The van der Waals surface area contributed by atoms with E-state index >= 15 is 0 Å². The van der Waals surface area contributed by atoms with E-state index in [2.05, 4.69) is 20.4 Å². The van der Waals surface area contributed by atoms with Crippen molar-refractivity contribution in [2.45, 2.75) is 37.8 Å². The van der Waals surface area contributed by atoms with Crippen LogP contribution in [0.15, 0.2) is 23.4 Å². The number of rotatable bonds is 4. The summed E-state index contributed by atoms with van der Waals surface area (Å²) in [6.45, 7) is 3.28. The van der Waals surface area contributed by atoms with Gasteiger partial charge in [0.2, 0.25) is 11.1 Å². The number of amides is 1. The van der Waals surface area contributed by atoms with Gasteiger partial charge in [0.25, 0.3) is 5.78 Å². The van der Waals surface area contributed by atoms with Gasteiger partial charge in [-0.2, -0.15) is 31.3 Å². The summed E-state index contributed by atoms with van der Waals surface area (Å²) >= 11 is 1.29. The van der Waals surface area contributed by atoms with Crippen LogP contribution in [0.25, 0.3) is 5.78 Å². The van der Waals surface area contributed by atoms with Crippen molar-refractivity contribution in [2.24, 2.45) is 0 Å². The van der Waals surface area contributed by atoms with Crippen molar-refractivity contribution >= 4 is 29.1 Å². The van der Waals surface area contributed by atoms with Crippen LogP contribution in [0, 0.1) is 13.8 Å². The van der Waals surface area contributed by atoms with Gasteiger partial charge in [-0.3, -0.25) is 4.79 Å². The number of anilines is 1. The van der Waals surface area contributed by atoms with Crippen LogP contribution in [0.5, 0.6) is 0 Å². The fraction of sp³-hybridized carbons (Fsp3) is 0.333. The third kappa shape index (κ3) is 4.92. The smallest absolute Gasteiger partial charge is 0.326 e. The molecule has 0 fully saturated rings. The molecular formula is C18H15F6N5OS. The number of aromatic nitrogens is 4. The maximum absolute atomic E-state index is 13.0. The minimum Gasteiger partial charge on any atom is -0.326 e. The van der Waals surface area contributed by atoms with Crippen LogP contribution in [-0.4, -0.2) is 31.7 Å². The first-order chi connectivity index (χ1) is 14.3. The summed E-state index contributed by atoms with van der Waals surface area (Å²) in [7, 11) is 0. The first-order valence-electron chi connectivity index (χ1n) is 8.65. The average Bonchev–Trinajstić information content (AvgIpc) is 3.06. The third-order valence-corrected chi connectivity index (χ3v) is 4.96. The van der Waals surface area contributed by atoms with Gasteiger partial charge < -0.3 is 5.32 Å². The number of fused-ring (bicyclic) bond motifs is 1. The van der Waals surface area contributed by atoms with Gasteiger partial charge in [0.1, 0.15) is 0 Å². The zero-order chi connectivity index (χ0) is 23.1. The largest absolute Gasteiger partial charge is 0.416 e. The Labute approximate surface area is 176 Å². The molecule has 0 radical (unpaired) electrons. The van der Waals surface area contributed by atoms with Crippen LogP contribution in [0.4, 0.5) is 32.0 Å². The topological polar surface area (TPSA) is 72.2 Å². The van der Waals surface area contributed by atoms with E-state index < -0.39 is 35.1 Å². The van der Waals surface area contributed by atoms with Gasteiger partial charge >= 0.3 is 12.4 Å². The second kappa shape index (κ2) is 8.02. The predicted molar refractivity (Wildman–Crippen MR) is 101 cm³/mol. The Balaban J connectivity index is 1.92. The zero-order valence-electron chi connectivity index (χ0n) is 16.3. The average molecular weight is 463 g/mol. The summed E-state index contributed by atoms with van der Waals surface area (Å²) in [6, 6.07) is 0.906. The van der Waals surface area contributed by atoms with Crippen LogP contribution >= 0.6 is 11.8 Å². The summed E-state index contributed by atoms with van der Waals surface area (Å²) < 4.78 is 79.4. The molecule has 3 aromatic rings. The molecule has 0 saturated heterocycles. The van der Waals surface area contributed by atoms with Gasteiger partial charge in [0.05, 0.1) is 17.5 Å². The lowest BCUT2D eigenvalue weighted by molar-refractivity contribution is -0.143. The Kier molecular flexibility index (Phi) is 5.91. The van der Waals surface area contributed by atoms with Crippen LogP contribution in [0.3, 0.4) is 0 Å². The molecule has 3 rings (SSSR count). The predicted octanol–water partition coefficient (Wildman–Crippen LogP) is 4.68. The van der Waals surface area contributed by atoms with E-state index in [9.17, 15) is 31.1 Å². The van der Waals surface area contributed by atoms with Crippen LogP contribution in [0.2, 0.25) is 0 Å². The highest BCUT2D eigenvalue weighted by Crippen LogP contribution is 2.37. The maximum atomic E-state index is 13.0. The number of nitrogens with one attached hydrogen (secondary N) is 1. The van der Waals surface area contributed by atoms with E-state index in [4.69, 9.17) is 0 Å². The molecule has 1 N–H and O–H groups in total.